The van der Waals surface area contributed by atoms with Gasteiger partial charge in [-0.3, -0.25) is 19.2 Å². The molecule has 0 N–H and O–H groups in total. The average molecular weight is 835 g/mol. The summed E-state index contributed by atoms with van der Waals surface area (Å²) in [6, 6.07) is 57.2. The van der Waals surface area contributed by atoms with E-state index in [4.69, 9.17) is 28.4 Å². The van der Waals surface area contributed by atoms with Crippen LogP contribution in [0.4, 0.5) is 0 Å². The lowest BCUT2D eigenvalue weighted by atomic mass is 9.80. The molecular weight excluding hydrogens is 785 g/mol. The van der Waals surface area contributed by atoms with E-state index in [-0.39, 0.29) is 0 Å². The first kappa shape index (κ1) is 44.7. The van der Waals surface area contributed by atoms with Gasteiger partial charge in [0.25, 0.3) is 0 Å². The molecule has 0 aliphatic heterocycles. The molecular formula is C52H50O10. The number of carbonyl (C=O) groups is 4. The van der Waals surface area contributed by atoms with Gasteiger partial charge in [-0.05, 0) is 33.4 Å². The molecule has 0 saturated carbocycles. The molecule has 0 amide bonds. The first-order valence-corrected chi connectivity index (χ1v) is 20.3. The van der Waals surface area contributed by atoms with Gasteiger partial charge in [0.2, 0.25) is 0 Å². The molecule has 0 bridgehead atoms. The fourth-order valence-corrected chi connectivity index (χ4v) is 7.86. The lowest BCUT2D eigenvalue weighted by Gasteiger charge is -2.41. The minimum atomic E-state index is -1.59. The Labute approximate surface area is 362 Å². The molecule has 0 aliphatic carbocycles. The highest BCUT2D eigenvalue weighted by atomic mass is 16.6. The Kier molecular flexibility index (Phi) is 15.2. The van der Waals surface area contributed by atoms with Crippen molar-refractivity contribution in [3.8, 4) is 0 Å². The van der Waals surface area contributed by atoms with Crippen molar-refractivity contribution in [3.05, 3.63) is 215 Å². The van der Waals surface area contributed by atoms with E-state index >= 15 is 0 Å². The Morgan fingerprint density at radius 2 is 0.532 bits per heavy atom. The van der Waals surface area contributed by atoms with Gasteiger partial charge in [0.15, 0.2) is 24.4 Å². The van der Waals surface area contributed by atoms with Crippen molar-refractivity contribution in [1.29, 1.82) is 0 Å². The number of esters is 4. The van der Waals surface area contributed by atoms with Gasteiger partial charge in [-0.15, -0.1) is 0 Å². The summed E-state index contributed by atoms with van der Waals surface area (Å²) in [6.45, 7) is 3.96. The van der Waals surface area contributed by atoms with Gasteiger partial charge in [0.05, 0.1) is 13.2 Å². The van der Waals surface area contributed by atoms with Crippen LogP contribution in [-0.4, -0.2) is 61.5 Å². The van der Waals surface area contributed by atoms with Crippen molar-refractivity contribution < 1.29 is 47.6 Å². The molecule has 0 aromatic heterocycles. The van der Waals surface area contributed by atoms with Gasteiger partial charge in [0, 0.05) is 27.7 Å². The van der Waals surface area contributed by atoms with Gasteiger partial charge in [-0.2, -0.15) is 0 Å². The molecule has 0 spiro atoms. The molecule has 10 nitrogen and oxygen atoms in total. The van der Waals surface area contributed by atoms with Crippen LogP contribution in [0.2, 0.25) is 0 Å². The Morgan fingerprint density at radius 3 is 0.710 bits per heavy atom. The zero-order chi connectivity index (χ0) is 44.0. The Bertz CT molecular complexity index is 1980. The molecule has 62 heavy (non-hydrogen) atoms. The molecule has 6 aromatic carbocycles. The minimum Gasteiger partial charge on any atom is -0.456 e. The number of hydrogen-bond acceptors (Lipinski definition) is 10. The van der Waals surface area contributed by atoms with Crippen molar-refractivity contribution in [2.24, 2.45) is 0 Å². The van der Waals surface area contributed by atoms with Gasteiger partial charge in [0.1, 0.15) is 11.2 Å². The second-order valence-electron chi connectivity index (χ2n) is 14.6. The Morgan fingerprint density at radius 1 is 0.339 bits per heavy atom. The molecule has 0 radical (unpaired) electrons. The zero-order valence-electron chi connectivity index (χ0n) is 35.1. The molecule has 0 heterocycles. The maximum Gasteiger partial charge on any atom is 0.303 e. The molecule has 318 valence electrons. The summed E-state index contributed by atoms with van der Waals surface area (Å²) in [5.74, 6) is -3.06. The zero-order valence-corrected chi connectivity index (χ0v) is 35.1. The second kappa shape index (κ2) is 21.1. The molecule has 6 aromatic rings. The highest BCUT2D eigenvalue weighted by Gasteiger charge is 2.48. The normalized spacial score (nSPS) is 13.4. The van der Waals surface area contributed by atoms with Gasteiger partial charge >= 0.3 is 23.9 Å². The second-order valence-corrected chi connectivity index (χ2v) is 14.6. The highest BCUT2D eigenvalue weighted by molar-refractivity contribution is 5.69. The first-order valence-electron chi connectivity index (χ1n) is 20.3. The predicted molar refractivity (Wildman–Crippen MR) is 233 cm³/mol. The fourth-order valence-electron chi connectivity index (χ4n) is 7.86. The summed E-state index contributed by atoms with van der Waals surface area (Å²) in [6.07, 6.45) is -6.05. The number of ether oxygens (including phenoxy) is 6. The van der Waals surface area contributed by atoms with Crippen molar-refractivity contribution in [3.63, 3.8) is 0 Å². The SMILES string of the molecule is CC(=O)O[C@@H]([C@H](OC(C)=O)[C@@H](COC(c1ccccc1)(c1ccccc1)c1ccccc1)OC(C)=O)[C@H](COC(c1ccccc1)(c1ccccc1)c1ccccc1)OC(C)=O. The lowest BCUT2D eigenvalue weighted by Crippen LogP contribution is -2.55. The van der Waals surface area contributed by atoms with Crippen LogP contribution >= 0.6 is 0 Å². The Balaban J connectivity index is 1.48. The quantitative estimate of drug-likeness (QED) is 0.0445. The van der Waals surface area contributed by atoms with Crippen molar-refractivity contribution in [1.82, 2.24) is 0 Å². The third-order valence-electron chi connectivity index (χ3n) is 10.3. The molecule has 0 saturated heterocycles. The van der Waals surface area contributed by atoms with Crippen molar-refractivity contribution in [2.75, 3.05) is 13.2 Å². The van der Waals surface area contributed by atoms with Crippen molar-refractivity contribution >= 4 is 23.9 Å². The molecule has 0 aliphatic rings. The summed E-state index contributed by atoms with van der Waals surface area (Å²) in [7, 11) is 0. The van der Waals surface area contributed by atoms with E-state index in [9.17, 15) is 19.2 Å². The van der Waals surface area contributed by atoms with Crippen LogP contribution in [0.3, 0.4) is 0 Å². The number of hydrogen-bond donors (Lipinski definition) is 0. The van der Waals surface area contributed by atoms with Gasteiger partial charge in [-0.1, -0.05) is 182 Å². The van der Waals surface area contributed by atoms with Crippen LogP contribution in [0.5, 0.6) is 0 Å². The highest BCUT2D eigenvalue weighted by Crippen LogP contribution is 2.43. The predicted octanol–water partition coefficient (Wildman–Crippen LogP) is 8.73. The van der Waals surface area contributed by atoms with E-state index in [1.165, 1.54) is 27.7 Å². The number of benzene rings is 6. The van der Waals surface area contributed by atoms with E-state index in [0.29, 0.717) is 0 Å². The van der Waals surface area contributed by atoms with E-state index < -0.39 is 72.7 Å². The van der Waals surface area contributed by atoms with E-state index in [1.54, 1.807) is 0 Å². The third-order valence-corrected chi connectivity index (χ3v) is 10.3. The average Bonchev–Trinajstić information content (AvgIpc) is 3.29. The van der Waals surface area contributed by atoms with E-state index in [1.807, 2.05) is 182 Å². The summed E-state index contributed by atoms with van der Waals surface area (Å²) in [5, 5.41) is 0. The van der Waals surface area contributed by atoms with E-state index in [0.717, 1.165) is 33.4 Å². The maximum atomic E-state index is 13.1. The van der Waals surface area contributed by atoms with Crippen LogP contribution in [0.25, 0.3) is 0 Å². The topological polar surface area (TPSA) is 124 Å². The standard InChI is InChI=1S/C52H50O10/c1-37(53)59-47(35-57-51(41-23-11-5-12-24-41,42-25-13-6-14-26-42)43-27-15-7-16-28-43)49(61-39(3)55)50(62-40(4)56)48(60-38(2)54)36-58-52(44-29-17-8-18-30-44,45-31-19-9-20-32-45)46-33-21-10-22-34-46/h5-34,47-50H,35-36H2,1-4H3/t47-,48+,49-,50-/m1/s1. The largest absolute Gasteiger partial charge is 0.456 e. The first-order chi connectivity index (χ1) is 30.0. The number of carbonyl (C=O) groups excluding carboxylic acids is 4. The van der Waals surface area contributed by atoms with E-state index in [2.05, 4.69) is 0 Å². The fraction of sp³-hybridized carbons (Fsp3) is 0.231. The van der Waals surface area contributed by atoms with Crippen LogP contribution < -0.4 is 0 Å². The monoisotopic (exact) mass is 834 g/mol. The summed E-state index contributed by atoms with van der Waals surface area (Å²) >= 11 is 0. The van der Waals surface area contributed by atoms with Crippen LogP contribution in [-0.2, 0) is 58.8 Å². The third kappa shape index (κ3) is 10.5. The number of rotatable bonds is 19. The van der Waals surface area contributed by atoms with Gasteiger partial charge in [-0.25, -0.2) is 0 Å². The molecule has 6 rings (SSSR count). The van der Waals surface area contributed by atoms with Crippen LogP contribution in [0.15, 0.2) is 182 Å². The Hall–Kier alpha value is -6.88. The molecule has 4 atom stereocenters. The summed E-state index contributed by atoms with van der Waals surface area (Å²) < 4.78 is 38.1. The van der Waals surface area contributed by atoms with Crippen LogP contribution in [0, 0.1) is 0 Å². The van der Waals surface area contributed by atoms with Crippen molar-refractivity contribution in [2.45, 2.75) is 63.3 Å². The smallest absolute Gasteiger partial charge is 0.303 e. The molecule has 0 unspecified atom stereocenters. The lowest BCUT2D eigenvalue weighted by molar-refractivity contribution is -0.210. The molecule has 10 heteroatoms. The summed E-state index contributed by atoms with van der Waals surface area (Å²) in [5.41, 5.74) is 1.94. The minimum absolute atomic E-state index is 0.399. The molecule has 0 fully saturated rings. The van der Waals surface area contributed by atoms with Gasteiger partial charge < -0.3 is 28.4 Å². The summed E-state index contributed by atoms with van der Waals surface area (Å²) in [4.78, 5) is 52.4. The van der Waals surface area contributed by atoms with Crippen LogP contribution in [0.1, 0.15) is 61.1 Å². The maximum absolute atomic E-state index is 13.1.